The fraction of sp³-hybridized carbons (Fsp3) is 0.700. The van der Waals surface area contributed by atoms with E-state index < -0.39 is 30.0 Å². The molecule has 0 rings (SSSR count). The summed E-state index contributed by atoms with van der Waals surface area (Å²) < 4.78 is 0. The molecule has 0 fully saturated rings. The van der Waals surface area contributed by atoms with Gasteiger partial charge in [0, 0.05) is 13.0 Å². The molecule has 0 aromatic rings. The van der Waals surface area contributed by atoms with Crippen molar-refractivity contribution < 1.29 is 24.6 Å². The number of carboxylic acids is 1. The molecule has 0 radical (unpaired) electrons. The van der Waals surface area contributed by atoms with Crippen LogP contribution in [0.5, 0.6) is 0 Å². The number of amides is 3. The summed E-state index contributed by atoms with van der Waals surface area (Å²) >= 11 is 0. The van der Waals surface area contributed by atoms with Crippen molar-refractivity contribution in [3.05, 3.63) is 0 Å². The predicted molar refractivity (Wildman–Crippen MR) is 62.6 cm³/mol. The second-order valence-electron chi connectivity index (χ2n) is 4.14. The summed E-state index contributed by atoms with van der Waals surface area (Å²) in [6, 6.07) is -2.97. The Balaban J connectivity index is 4.66. The Morgan fingerprint density at radius 1 is 1.22 bits per heavy atom. The first-order valence-corrected chi connectivity index (χ1v) is 5.49. The molecule has 8 nitrogen and oxygen atoms in total. The lowest BCUT2D eigenvalue weighted by molar-refractivity contribution is -0.142. The van der Waals surface area contributed by atoms with Crippen molar-refractivity contribution in [3.8, 4) is 0 Å². The molecule has 0 aliphatic carbocycles. The van der Waals surface area contributed by atoms with Gasteiger partial charge in [-0.15, -0.1) is 0 Å². The SMILES string of the molecule is CC(C)C(NC(N)=O)C(=O)NC(CCO)C(=O)O. The lowest BCUT2D eigenvalue weighted by atomic mass is 10.0. The summed E-state index contributed by atoms with van der Waals surface area (Å²) in [5, 5.41) is 22.0. The van der Waals surface area contributed by atoms with Gasteiger partial charge in [0.05, 0.1) is 0 Å². The molecule has 0 aliphatic heterocycles. The van der Waals surface area contributed by atoms with Gasteiger partial charge in [-0.2, -0.15) is 0 Å². The van der Waals surface area contributed by atoms with Crippen molar-refractivity contribution >= 4 is 17.9 Å². The number of rotatable bonds is 7. The largest absolute Gasteiger partial charge is 0.480 e. The van der Waals surface area contributed by atoms with Crippen molar-refractivity contribution in [2.45, 2.75) is 32.4 Å². The molecule has 6 N–H and O–H groups in total. The quantitative estimate of drug-likeness (QED) is 0.384. The summed E-state index contributed by atoms with van der Waals surface area (Å²) in [6.07, 6.45) is -0.109. The van der Waals surface area contributed by atoms with Gasteiger partial charge in [0.15, 0.2) is 0 Å². The first-order chi connectivity index (χ1) is 8.29. The minimum absolute atomic E-state index is 0.109. The normalized spacial score (nSPS) is 13.8. The Morgan fingerprint density at radius 2 is 1.78 bits per heavy atom. The second kappa shape index (κ2) is 7.49. The summed E-state index contributed by atoms with van der Waals surface area (Å²) in [4.78, 5) is 33.3. The third-order valence-electron chi connectivity index (χ3n) is 2.28. The fourth-order valence-electron chi connectivity index (χ4n) is 1.34. The number of aliphatic hydroxyl groups is 1. The maximum Gasteiger partial charge on any atom is 0.326 e. The van der Waals surface area contributed by atoms with Crippen molar-refractivity contribution in [1.29, 1.82) is 0 Å². The molecule has 18 heavy (non-hydrogen) atoms. The van der Waals surface area contributed by atoms with Crippen molar-refractivity contribution in [1.82, 2.24) is 10.6 Å². The Hall–Kier alpha value is -1.83. The smallest absolute Gasteiger partial charge is 0.326 e. The van der Waals surface area contributed by atoms with E-state index in [9.17, 15) is 14.4 Å². The van der Waals surface area contributed by atoms with Crippen LogP contribution in [-0.2, 0) is 9.59 Å². The van der Waals surface area contributed by atoms with Gasteiger partial charge < -0.3 is 26.6 Å². The van der Waals surface area contributed by atoms with Gasteiger partial charge in [-0.05, 0) is 5.92 Å². The maximum atomic E-state index is 11.8. The molecule has 0 aliphatic rings. The zero-order chi connectivity index (χ0) is 14.3. The van der Waals surface area contributed by atoms with E-state index in [1.807, 2.05) is 0 Å². The Morgan fingerprint density at radius 3 is 2.11 bits per heavy atom. The minimum atomic E-state index is -1.25. The number of carboxylic acid groups (broad SMARTS) is 1. The zero-order valence-corrected chi connectivity index (χ0v) is 10.3. The van der Waals surface area contributed by atoms with Gasteiger partial charge in [-0.1, -0.05) is 13.8 Å². The Kier molecular flexibility index (Phi) is 6.73. The lowest BCUT2D eigenvalue weighted by Gasteiger charge is -2.22. The highest BCUT2D eigenvalue weighted by molar-refractivity contribution is 5.89. The Bertz CT molecular complexity index is 319. The molecule has 2 atom stereocenters. The van der Waals surface area contributed by atoms with Crippen molar-refractivity contribution in [3.63, 3.8) is 0 Å². The molecular formula is C10H19N3O5. The number of nitrogens with one attached hydrogen (secondary N) is 2. The molecular weight excluding hydrogens is 242 g/mol. The highest BCUT2D eigenvalue weighted by Crippen LogP contribution is 2.03. The minimum Gasteiger partial charge on any atom is -0.480 e. The van der Waals surface area contributed by atoms with Gasteiger partial charge in [-0.3, -0.25) is 4.79 Å². The van der Waals surface area contributed by atoms with E-state index in [1.165, 1.54) is 0 Å². The second-order valence-corrected chi connectivity index (χ2v) is 4.14. The highest BCUT2D eigenvalue weighted by Gasteiger charge is 2.27. The average Bonchev–Trinajstić information content (AvgIpc) is 2.24. The molecule has 3 amide bonds. The van der Waals surface area contributed by atoms with Crippen LogP contribution in [0.15, 0.2) is 0 Å². The number of primary amides is 1. The lowest BCUT2D eigenvalue weighted by Crippen LogP contribution is -2.54. The van der Waals surface area contributed by atoms with E-state index in [0.717, 1.165) is 0 Å². The van der Waals surface area contributed by atoms with Gasteiger partial charge in [-0.25, -0.2) is 9.59 Å². The molecule has 2 unspecified atom stereocenters. The van der Waals surface area contributed by atoms with Gasteiger partial charge in [0.2, 0.25) is 5.91 Å². The molecule has 0 bridgehead atoms. The summed E-state index contributed by atoms with van der Waals surface area (Å²) in [5.74, 6) is -2.15. The highest BCUT2D eigenvalue weighted by atomic mass is 16.4. The number of hydrogen-bond donors (Lipinski definition) is 5. The van der Waals surface area contributed by atoms with Crippen LogP contribution >= 0.6 is 0 Å². The van der Waals surface area contributed by atoms with Crippen LogP contribution in [0.4, 0.5) is 4.79 Å². The van der Waals surface area contributed by atoms with E-state index >= 15 is 0 Å². The number of urea groups is 1. The van der Waals surface area contributed by atoms with Crippen LogP contribution in [-0.4, -0.2) is 46.8 Å². The van der Waals surface area contributed by atoms with Gasteiger partial charge in [0.25, 0.3) is 0 Å². The molecule has 8 heteroatoms. The maximum absolute atomic E-state index is 11.8. The fourth-order valence-corrected chi connectivity index (χ4v) is 1.34. The Labute approximate surface area is 105 Å². The summed E-state index contributed by atoms with van der Waals surface area (Å²) in [5.41, 5.74) is 4.93. The molecule has 0 spiro atoms. The van der Waals surface area contributed by atoms with Crippen molar-refractivity contribution in [2.24, 2.45) is 11.7 Å². The summed E-state index contributed by atoms with van der Waals surface area (Å²) in [7, 11) is 0. The van der Waals surface area contributed by atoms with E-state index in [2.05, 4.69) is 10.6 Å². The van der Waals surface area contributed by atoms with E-state index in [1.54, 1.807) is 13.8 Å². The zero-order valence-electron chi connectivity index (χ0n) is 10.3. The number of aliphatic hydroxyl groups excluding tert-OH is 1. The molecule has 0 saturated carbocycles. The first kappa shape index (κ1) is 16.2. The number of carbonyl (C=O) groups excluding carboxylic acids is 2. The van der Waals surface area contributed by atoms with Crippen LogP contribution < -0.4 is 16.4 Å². The van der Waals surface area contributed by atoms with Crippen LogP contribution in [0.2, 0.25) is 0 Å². The number of nitrogens with two attached hydrogens (primary N) is 1. The topological polar surface area (TPSA) is 142 Å². The monoisotopic (exact) mass is 261 g/mol. The van der Waals surface area contributed by atoms with E-state index in [-0.39, 0.29) is 18.9 Å². The van der Waals surface area contributed by atoms with E-state index in [0.29, 0.717) is 0 Å². The number of aliphatic carboxylic acids is 1. The molecule has 0 aromatic heterocycles. The molecule has 0 heterocycles. The number of hydrogen-bond acceptors (Lipinski definition) is 4. The van der Waals surface area contributed by atoms with Crippen LogP contribution in [0.1, 0.15) is 20.3 Å². The van der Waals surface area contributed by atoms with Crippen LogP contribution in [0.3, 0.4) is 0 Å². The van der Waals surface area contributed by atoms with Gasteiger partial charge >= 0.3 is 12.0 Å². The average molecular weight is 261 g/mol. The first-order valence-electron chi connectivity index (χ1n) is 5.49. The number of carbonyl (C=O) groups is 3. The van der Waals surface area contributed by atoms with Crippen LogP contribution in [0, 0.1) is 5.92 Å². The predicted octanol–water partition coefficient (Wildman–Crippen LogP) is -1.37. The van der Waals surface area contributed by atoms with E-state index in [4.69, 9.17) is 15.9 Å². The molecule has 0 saturated heterocycles. The van der Waals surface area contributed by atoms with Crippen LogP contribution in [0.25, 0.3) is 0 Å². The third-order valence-corrected chi connectivity index (χ3v) is 2.28. The van der Waals surface area contributed by atoms with Gasteiger partial charge in [0.1, 0.15) is 12.1 Å². The summed E-state index contributed by atoms with van der Waals surface area (Å²) in [6.45, 7) is 3.00. The van der Waals surface area contributed by atoms with Crippen molar-refractivity contribution in [2.75, 3.05) is 6.61 Å². The standard InChI is InChI=1S/C10H19N3O5/c1-5(2)7(13-10(11)18)8(15)12-6(3-4-14)9(16)17/h5-7,14H,3-4H2,1-2H3,(H,12,15)(H,16,17)(H3,11,13,18). The third kappa shape index (κ3) is 5.48. The molecule has 104 valence electrons. The molecule has 0 aromatic carbocycles.